The Bertz CT molecular complexity index is 1010. The van der Waals surface area contributed by atoms with Crippen LogP contribution in [-0.2, 0) is 14.3 Å². The van der Waals surface area contributed by atoms with Gasteiger partial charge < -0.3 is 25.4 Å². The predicted octanol–water partition coefficient (Wildman–Crippen LogP) is 5.19. The van der Waals surface area contributed by atoms with Gasteiger partial charge in [0.15, 0.2) is 0 Å². The Morgan fingerprint density at radius 2 is 1.77 bits per heavy atom. The van der Waals surface area contributed by atoms with Gasteiger partial charge in [0.1, 0.15) is 23.9 Å². The van der Waals surface area contributed by atoms with Crippen LogP contribution in [0.5, 0.6) is 5.75 Å². The van der Waals surface area contributed by atoms with Gasteiger partial charge in [0.25, 0.3) is 5.91 Å². The minimum Gasteiger partial charge on any atom is -0.508 e. The highest BCUT2D eigenvalue weighted by Crippen LogP contribution is 2.29. The van der Waals surface area contributed by atoms with Gasteiger partial charge in [-0.2, -0.15) is 0 Å². The standard InChI is InChI=1S/C26H34ClN3O5/c1-6-7-15-30(21(32)16-28-25(34)35-26(3,4)5)23(18-11-13-19(31)14-12-18)24(33)29-22-17(2)9-8-10-20(22)27/h8-14,23,31H,6-7,15-16H2,1-5H3,(H,28,34)(H,29,33). The van der Waals surface area contributed by atoms with E-state index in [-0.39, 0.29) is 18.8 Å². The molecule has 190 valence electrons. The topological polar surface area (TPSA) is 108 Å². The summed E-state index contributed by atoms with van der Waals surface area (Å²) >= 11 is 6.32. The van der Waals surface area contributed by atoms with Crippen molar-refractivity contribution in [1.29, 1.82) is 0 Å². The molecule has 3 amide bonds. The van der Waals surface area contributed by atoms with E-state index in [4.69, 9.17) is 16.3 Å². The van der Waals surface area contributed by atoms with Crippen LogP contribution in [0.25, 0.3) is 0 Å². The molecule has 0 saturated carbocycles. The van der Waals surface area contributed by atoms with E-state index in [0.717, 1.165) is 12.0 Å². The summed E-state index contributed by atoms with van der Waals surface area (Å²) in [6.45, 7) is 8.92. The zero-order valence-electron chi connectivity index (χ0n) is 20.9. The monoisotopic (exact) mass is 503 g/mol. The number of aromatic hydroxyl groups is 1. The van der Waals surface area contributed by atoms with Crippen LogP contribution in [0.2, 0.25) is 5.02 Å². The average Bonchev–Trinajstić information content (AvgIpc) is 2.77. The number of benzene rings is 2. The van der Waals surface area contributed by atoms with Crippen LogP contribution in [0.15, 0.2) is 42.5 Å². The summed E-state index contributed by atoms with van der Waals surface area (Å²) in [6.07, 6.45) is 0.709. The zero-order valence-corrected chi connectivity index (χ0v) is 21.6. The van der Waals surface area contributed by atoms with Gasteiger partial charge in [0, 0.05) is 6.54 Å². The summed E-state index contributed by atoms with van der Waals surface area (Å²) in [6, 6.07) is 10.3. The fraction of sp³-hybridized carbons (Fsp3) is 0.423. The Labute approximate surface area is 211 Å². The fourth-order valence-electron chi connectivity index (χ4n) is 3.40. The molecule has 2 rings (SSSR count). The third-order valence-electron chi connectivity index (χ3n) is 5.09. The Hall–Kier alpha value is -3.26. The zero-order chi connectivity index (χ0) is 26.2. The van der Waals surface area contributed by atoms with E-state index in [1.165, 1.54) is 17.0 Å². The minimum absolute atomic E-state index is 0.0351. The number of amides is 3. The lowest BCUT2D eigenvalue weighted by atomic mass is 10.0. The molecule has 0 aromatic heterocycles. The first-order valence-corrected chi connectivity index (χ1v) is 11.9. The highest BCUT2D eigenvalue weighted by atomic mass is 35.5. The number of carbonyl (C=O) groups is 3. The van der Waals surface area contributed by atoms with Gasteiger partial charge in [-0.25, -0.2) is 4.79 Å². The van der Waals surface area contributed by atoms with Crippen molar-refractivity contribution in [3.05, 3.63) is 58.6 Å². The van der Waals surface area contributed by atoms with Crippen molar-refractivity contribution in [3.63, 3.8) is 0 Å². The summed E-state index contributed by atoms with van der Waals surface area (Å²) in [5, 5.41) is 15.5. The largest absolute Gasteiger partial charge is 0.508 e. The number of ether oxygens (including phenoxy) is 1. The van der Waals surface area contributed by atoms with Crippen molar-refractivity contribution in [1.82, 2.24) is 10.2 Å². The van der Waals surface area contributed by atoms with Gasteiger partial charge in [0.05, 0.1) is 10.7 Å². The first-order valence-electron chi connectivity index (χ1n) is 11.5. The molecule has 35 heavy (non-hydrogen) atoms. The molecule has 0 saturated heterocycles. The first kappa shape index (κ1) is 28.0. The number of aryl methyl sites for hydroxylation is 1. The number of anilines is 1. The first-order chi connectivity index (χ1) is 16.4. The summed E-state index contributed by atoms with van der Waals surface area (Å²) in [5.74, 6) is -0.880. The maximum atomic E-state index is 13.6. The third-order valence-corrected chi connectivity index (χ3v) is 5.41. The molecule has 0 aliphatic carbocycles. The van der Waals surface area contributed by atoms with E-state index in [1.807, 2.05) is 19.9 Å². The van der Waals surface area contributed by atoms with Crippen LogP contribution in [-0.4, -0.2) is 46.6 Å². The number of para-hydroxylation sites is 1. The van der Waals surface area contributed by atoms with E-state index in [2.05, 4.69) is 10.6 Å². The van der Waals surface area contributed by atoms with Crippen LogP contribution >= 0.6 is 11.6 Å². The van der Waals surface area contributed by atoms with Gasteiger partial charge in [0.2, 0.25) is 5.91 Å². The number of phenolic OH excluding ortho intramolecular Hbond substituents is 1. The maximum Gasteiger partial charge on any atom is 0.408 e. The van der Waals surface area contributed by atoms with Crippen LogP contribution in [0.1, 0.15) is 57.7 Å². The highest BCUT2D eigenvalue weighted by Gasteiger charge is 2.32. The second-order valence-corrected chi connectivity index (χ2v) is 9.62. The molecular formula is C26H34ClN3O5. The van der Waals surface area contributed by atoms with E-state index in [9.17, 15) is 19.5 Å². The van der Waals surface area contributed by atoms with Crippen LogP contribution in [0.4, 0.5) is 10.5 Å². The number of rotatable bonds is 9. The van der Waals surface area contributed by atoms with Gasteiger partial charge in [-0.05, 0) is 63.4 Å². The molecule has 0 fully saturated rings. The molecule has 0 aliphatic heterocycles. The molecule has 0 radical (unpaired) electrons. The molecule has 1 unspecified atom stereocenters. The van der Waals surface area contributed by atoms with Crippen LogP contribution in [0, 0.1) is 6.92 Å². The van der Waals surface area contributed by atoms with Gasteiger partial charge >= 0.3 is 6.09 Å². The summed E-state index contributed by atoms with van der Waals surface area (Å²) in [4.78, 5) is 40.4. The molecule has 3 N–H and O–H groups in total. The number of halogens is 1. The lowest BCUT2D eigenvalue weighted by Crippen LogP contribution is -2.47. The lowest BCUT2D eigenvalue weighted by Gasteiger charge is -2.32. The second kappa shape index (κ2) is 12.4. The quantitative estimate of drug-likeness (QED) is 0.436. The number of nitrogens with one attached hydrogen (secondary N) is 2. The van der Waals surface area contributed by atoms with Gasteiger partial charge in [-0.3, -0.25) is 9.59 Å². The molecule has 2 aromatic carbocycles. The van der Waals surface area contributed by atoms with Crippen molar-refractivity contribution in [3.8, 4) is 5.75 Å². The SMILES string of the molecule is CCCCN(C(=O)CNC(=O)OC(C)(C)C)C(C(=O)Nc1c(C)cccc1Cl)c1ccc(O)cc1. The summed E-state index contributed by atoms with van der Waals surface area (Å²) in [7, 11) is 0. The Balaban J connectivity index is 2.38. The number of phenols is 1. The lowest BCUT2D eigenvalue weighted by molar-refractivity contribution is -0.138. The van der Waals surface area contributed by atoms with Crippen molar-refractivity contribution >= 4 is 35.2 Å². The van der Waals surface area contributed by atoms with E-state index in [0.29, 0.717) is 22.7 Å². The molecule has 0 bridgehead atoms. The van der Waals surface area contributed by atoms with Gasteiger partial charge in [-0.15, -0.1) is 0 Å². The molecule has 0 spiro atoms. The summed E-state index contributed by atoms with van der Waals surface area (Å²) in [5.41, 5.74) is 1.02. The smallest absolute Gasteiger partial charge is 0.408 e. The fourth-order valence-corrected chi connectivity index (χ4v) is 3.67. The molecule has 2 aromatic rings. The molecule has 9 heteroatoms. The number of carbonyl (C=O) groups excluding carboxylic acids is 3. The molecule has 1 atom stereocenters. The number of hydrogen-bond acceptors (Lipinski definition) is 5. The maximum absolute atomic E-state index is 13.6. The van der Waals surface area contributed by atoms with Crippen molar-refractivity contribution in [2.45, 2.75) is 59.1 Å². The molecule has 8 nitrogen and oxygen atoms in total. The van der Waals surface area contributed by atoms with Crippen LogP contribution in [0.3, 0.4) is 0 Å². The van der Waals surface area contributed by atoms with Crippen molar-refractivity contribution in [2.75, 3.05) is 18.4 Å². The van der Waals surface area contributed by atoms with Crippen molar-refractivity contribution in [2.24, 2.45) is 0 Å². The van der Waals surface area contributed by atoms with Crippen molar-refractivity contribution < 1.29 is 24.2 Å². The molecule has 0 aliphatic rings. The van der Waals surface area contributed by atoms with E-state index in [1.54, 1.807) is 45.0 Å². The third kappa shape index (κ3) is 8.47. The van der Waals surface area contributed by atoms with E-state index < -0.39 is 29.6 Å². The minimum atomic E-state index is -1.02. The normalized spacial score (nSPS) is 11.9. The highest BCUT2D eigenvalue weighted by molar-refractivity contribution is 6.34. The second-order valence-electron chi connectivity index (χ2n) is 9.21. The van der Waals surface area contributed by atoms with E-state index >= 15 is 0 Å². The number of alkyl carbamates (subject to hydrolysis) is 1. The Kier molecular flexibility index (Phi) is 9.95. The molecular weight excluding hydrogens is 470 g/mol. The summed E-state index contributed by atoms with van der Waals surface area (Å²) < 4.78 is 5.22. The van der Waals surface area contributed by atoms with Gasteiger partial charge in [-0.1, -0.05) is 49.2 Å². The Morgan fingerprint density at radius 1 is 1.11 bits per heavy atom. The number of nitrogens with zero attached hydrogens (tertiary/aromatic N) is 1. The van der Waals surface area contributed by atoms with Crippen LogP contribution < -0.4 is 10.6 Å². The predicted molar refractivity (Wildman–Crippen MR) is 137 cm³/mol. The number of hydrogen-bond donors (Lipinski definition) is 3. The number of unbranched alkanes of at least 4 members (excludes halogenated alkanes) is 1. The Morgan fingerprint density at radius 3 is 2.34 bits per heavy atom. The average molecular weight is 504 g/mol. The molecule has 0 heterocycles.